The number of ketones is 1. The van der Waals surface area contributed by atoms with Crippen LogP contribution in [0.4, 0.5) is 10.1 Å². The molecule has 0 aliphatic carbocycles. The van der Waals surface area contributed by atoms with E-state index in [1.54, 1.807) is 37.3 Å². The van der Waals surface area contributed by atoms with Crippen molar-refractivity contribution in [3.05, 3.63) is 89.2 Å². The topological polar surface area (TPSA) is 80.8 Å². The predicted octanol–water partition coefficient (Wildman–Crippen LogP) is 5.21. The molecule has 0 saturated heterocycles. The van der Waals surface area contributed by atoms with Crippen LogP contribution in [0.25, 0.3) is 0 Å². The van der Waals surface area contributed by atoms with Crippen molar-refractivity contribution in [1.29, 1.82) is 0 Å². The minimum atomic E-state index is -3.29. The summed E-state index contributed by atoms with van der Waals surface area (Å²) in [5.74, 6) is -0.389. The van der Waals surface area contributed by atoms with Crippen LogP contribution in [0, 0.1) is 5.82 Å². The summed E-state index contributed by atoms with van der Waals surface area (Å²) in [6.07, 6.45) is 0.666. The highest BCUT2D eigenvalue weighted by Crippen LogP contribution is 2.32. The van der Waals surface area contributed by atoms with Gasteiger partial charge < -0.3 is 9.64 Å². The number of Topliss-reactive ketones (excluding diaryl/α,β-unsaturated/α-hetero) is 1. The van der Waals surface area contributed by atoms with Gasteiger partial charge in [0.1, 0.15) is 18.2 Å². The maximum absolute atomic E-state index is 13.7. The molecule has 3 aromatic carbocycles. The van der Waals surface area contributed by atoms with E-state index in [1.807, 2.05) is 13.0 Å². The molecule has 0 spiro atoms. The average Bonchev–Trinajstić information content (AvgIpc) is 2.83. The maximum Gasteiger partial charge on any atom is 0.258 e. The number of sulfone groups is 1. The Hall–Kier alpha value is -3.52. The molecule has 0 aromatic heterocycles. The van der Waals surface area contributed by atoms with Crippen molar-refractivity contribution in [2.75, 3.05) is 10.7 Å². The molecule has 1 atom stereocenters. The van der Waals surface area contributed by atoms with Crippen LogP contribution in [0.3, 0.4) is 0 Å². The number of amides is 1. The molecular formula is C27H26FNO5S. The zero-order valence-corrected chi connectivity index (χ0v) is 20.3. The van der Waals surface area contributed by atoms with Gasteiger partial charge in [-0.2, -0.15) is 0 Å². The number of halogens is 1. The summed E-state index contributed by atoms with van der Waals surface area (Å²) >= 11 is 0. The van der Waals surface area contributed by atoms with Gasteiger partial charge in [-0.25, -0.2) is 12.8 Å². The lowest BCUT2D eigenvalue weighted by Gasteiger charge is -2.34. The first kappa shape index (κ1) is 24.6. The number of nitrogens with zero attached hydrogens (tertiary/aromatic N) is 1. The highest BCUT2D eigenvalue weighted by Gasteiger charge is 2.33. The molecule has 6 nitrogen and oxygen atoms in total. The minimum absolute atomic E-state index is 0.0945. The summed E-state index contributed by atoms with van der Waals surface area (Å²) in [6.45, 7) is 3.79. The van der Waals surface area contributed by atoms with Crippen LogP contribution in [0.2, 0.25) is 0 Å². The first-order valence-corrected chi connectivity index (χ1v) is 13.1. The van der Waals surface area contributed by atoms with Crippen molar-refractivity contribution < 1.29 is 27.1 Å². The summed E-state index contributed by atoms with van der Waals surface area (Å²) in [5.41, 5.74) is 1.78. The molecule has 1 aliphatic heterocycles. The normalized spacial score (nSPS) is 15.6. The van der Waals surface area contributed by atoms with Crippen LogP contribution in [0.5, 0.6) is 5.75 Å². The lowest BCUT2D eigenvalue weighted by molar-refractivity contribution is 0.0936. The first-order valence-electron chi connectivity index (χ1n) is 11.4. The fraction of sp³-hybridized carbons (Fsp3) is 0.259. The number of rotatable bonds is 7. The molecular weight excluding hydrogens is 469 g/mol. The van der Waals surface area contributed by atoms with Crippen LogP contribution < -0.4 is 9.64 Å². The minimum Gasteiger partial charge on any atom is -0.489 e. The van der Waals surface area contributed by atoms with Gasteiger partial charge in [-0.1, -0.05) is 19.1 Å². The predicted molar refractivity (Wildman–Crippen MR) is 131 cm³/mol. The first-order chi connectivity index (χ1) is 16.7. The van der Waals surface area contributed by atoms with Crippen molar-refractivity contribution >= 4 is 27.2 Å². The Bertz CT molecular complexity index is 1370. The van der Waals surface area contributed by atoms with Gasteiger partial charge in [0.05, 0.1) is 16.3 Å². The Balaban J connectivity index is 1.50. The van der Waals surface area contributed by atoms with Crippen LogP contribution in [0.1, 0.15) is 53.0 Å². The van der Waals surface area contributed by atoms with Crippen molar-refractivity contribution in [1.82, 2.24) is 0 Å². The number of anilines is 1. The number of fused-ring (bicyclic) bond motifs is 1. The molecule has 182 valence electrons. The molecule has 8 heteroatoms. The smallest absolute Gasteiger partial charge is 0.258 e. The molecule has 1 heterocycles. The number of carbonyl (C=O) groups excluding carboxylic acids is 2. The molecule has 1 aliphatic rings. The number of hydrogen-bond donors (Lipinski definition) is 0. The third-order valence-corrected chi connectivity index (χ3v) is 7.83. The SMILES string of the molecule is CCCS(=O)(=O)c1ccc(OCc2cccc(C(=O)N3c4ccc(F)cc4C(=O)CC3C)c2)cc1. The average molecular weight is 496 g/mol. The van der Waals surface area contributed by atoms with Crippen LogP contribution >= 0.6 is 0 Å². The maximum atomic E-state index is 13.7. The van der Waals surface area contributed by atoms with Crippen LogP contribution in [-0.2, 0) is 16.4 Å². The second kappa shape index (κ2) is 10.00. The van der Waals surface area contributed by atoms with Crippen LogP contribution in [-0.4, -0.2) is 31.9 Å². The summed E-state index contributed by atoms with van der Waals surface area (Å²) < 4.78 is 43.9. The quantitative estimate of drug-likeness (QED) is 0.450. The fourth-order valence-corrected chi connectivity index (χ4v) is 5.51. The molecule has 1 unspecified atom stereocenters. The summed E-state index contributed by atoms with van der Waals surface area (Å²) in [5, 5.41) is 0. The Kier molecular flexibility index (Phi) is 7.03. The van der Waals surface area contributed by atoms with Gasteiger partial charge in [0.25, 0.3) is 5.91 Å². The highest BCUT2D eigenvalue weighted by molar-refractivity contribution is 7.91. The standard InChI is InChI=1S/C27H26FNO5S/c1-3-13-35(32,33)23-10-8-22(9-11-23)34-17-19-5-4-6-20(15-19)27(31)29-18(2)14-26(30)24-16-21(28)7-12-25(24)29/h4-12,15-16,18H,3,13-14,17H2,1-2H3. The molecule has 35 heavy (non-hydrogen) atoms. The zero-order chi connectivity index (χ0) is 25.2. The summed E-state index contributed by atoms with van der Waals surface area (Å²) in [6, 6.07) is 16.8. The second-order valence-corrected chi connectivity index (χ2v) is 10.7. The van der Waals surface area contributed by atoms with Crippen LogP contribution in [0.15, 0.2) is 71.6 Å². The van der Waals surface area contributed by atoms with E-state index in [4.69, 9.17) is 4.74 Å². The van der Waals surface area contributed by atoms with Gasteiger partial charge >= 0.3 is 0 Å². The van der Waals surface area contributed by atoms with Gasteiger partial charge in [0.2, 0.25) is 0 Å². The van der Waals surface area contributed by atoms with Gasteiger partial charge in [0.15, 0.2) is 15.6 Å². The van der Waals surface area contributed by atoms with Gasteiger partial charge in [0, 0.05) is 23.6 Å². The zero-order valence-electron chi connectivity index (χ0n) is 19.5. The number of benzene rings is 3. The lowest BCUT2D eigenvalue weighted by Crippen LogP contribution is -2.44. The van der Waals surface area contributed by atoms with E-state index in [2.05, 4.69) is 0 Å². The Labute approximate surface area is 204 Å². The largest absolute Gasteiger partial charge is 0.489 e. The lowest BCUT2D eigenvalue weighted by atomic mass is 9.94. The van der Waals surface area contributed by atoms with E-state index >= 15 is 0 Å². The Morgan fingerprint density at radius 3 is 2.54 bits per heavy atom. The van der Waals surface area contributed by atoms with E-state index in [0.29, 0.717) is 23.4 Å². The number of hydrogen-bond acceptors (Lipinski definition) is 5. The van der Waals surface area contributed by atoms with E-state index in [9.17, 15) is 22.4 Å². The third kappa shape index (κ3) is 5.27. The third-order valence-electron chi connectivity index (χ3n) is 5.89. The second-order valence-electron chi connectivity index (χ2n) is 8.59. The van der Waals surface area contributed by atoms with Crippen molar-refractivity contribution in [3.63, 3.8) is 0 Å². The summed E-state index contributed by atoms with van der Waals surface area (Å²) in [4.78, 5) is 27.6. The van der Waals surface area contributed by atoms with Crippen molar-refractivity contribution in [3.8, 4) is 5.75 Å². The van der Waals surface area contributed by atoms with E-state index in [1.165, 1.54) is 35.2 Å². The molecule has 0 radical (unpaired) electrons. The van der Waals surface area contributed by atoms with Gasteiger partial charge in [-0.15, -0.1) is 0 Å². The van der Waals surface area contributed by atoms with E-state index in [-0.39, 0.29) is 47.0 Å². The molecule has 4 rings (SSSR count). The molecule has 0 bridgehead atoms. The molecule has 3 aromatic rings. The fourth-order valence-electron chi connectivity index (χ4n) is 4.19. The number of carbonyl (C=O) groups is 2. The Morgan fingerprint density at radius 2 is 1.83 bits per heavy atom. The van der Waals surface area contributed by atoms with Crippen molar-refractivity contribution in [2.45, 2.75) is 44.2 Å². The van der Waals surface area contributed by atoms with E-state index in [0.717, 1.165) is 5.56 Å². The van der Waals surface area contributed by atoms with E-state index < -0.39 is 15.7 Å². The van der Waals surface area contributed by atoms with Crippen molar-refractivity contribution in [2.24, 2.45) is 0 Å². The summed E-state index contributed by atoms with van der Waals surface area (Å²) in [7, 11) is -3.29. The molecule has 0 N–H and O–H groups in total. The highest BCUT2D eigenvalue weighted by atomic mass is 32.2. The van der Waals surface area contributed by atoms with Gasteiger partial charge in [-0.05, 0) is 73.5 Å². The Morgan fingerprint density at radius 1 is 1.09 bits per heavy atom. The molecule has 0 fully saturated rings. The molecule has 0 saturated carbocycles. The number of ether oxygens (including phenoxy) is 1. The van der Waals surface area contributed by atoms with Gasteiger partial charge in [-0.3, -0.25) is 9.59 Å². The molecule has 1 amide bonds. The monoisotopic (exact) mass is 495 g/mol.